The molecule has 3 unspecified atom stereocenters. The number of carbonyl (C=O) groups excluding carboxylic acids is 2. The first-order valence-corrected chi connectivity index (χ1v) is 11.6. The van der Waals surface area contributed by atoms with Crippen LogP contribution in [0.4, 0.5) is 0 Å². The van der Waals surface area contributed by atoms with E-state index >= 15 is 0 Å². The molecule has 2 heterocycles. The van der Waals surface area contributed by atoms with Crippen molar-refractivity contribution in [2.24, 2.45) is 5.92 Å². The molecule has 0 aromatic carbocycles. The summed E-state index contributed by atoms with van der Waals surface area (Å²) in [7, 11) is 1.27. The van der Waals surface area contributed by atoms with Crippen LogP contribution in [0.1, 0.15) is 64.7 Å². The quantitative estimate of drug-likeness (QED) is 0.462. The minimum absolute atomic E-state index is 0.0532. The zero-order valence-electron chi connectivity index (χ0n) is 15.8. The van der Waals surface area contributed by atoms with E-state index in [9.17, 15) is 9.59 Å². The molecule has 2 aliphatic rings. The number of ether oxygens (including phenoxy) is 4. The second-order valence-electron chi connectivity index (χ2n) is 7.46. The third-order valence-corrected chi connectivity index (χ3v) is 6.88. The predicted molar refractivity (Wildman–Crippen MR) is 100 cm³/mol. The van der Waals surface area contributed by atoms with E-state index in [4.69, 9.17) is 18.9 Å². The molecule has 8 heteroatoms. The van der Waals surface area contributed by atoms with Gasteiger partial charge >= 0.3 is 11.9 Å². The molecular formula is C17H32O6Si2. The highest BCUT2D eigenvalue weighted by Crippen LogP contribution is 2.28. The molecule has 2 saturated heterocycles. The Hall–Kier alpha value is -0.706. The van der Waals surface area contributed by atoms with Crippen LogP contribution in [0.25, 0.3) is 0 Å². The Labute approximate surface area is 156 Å². The van der Waals surface area contributed by atoms with Crippen LogP contribution in [0.5, 0.6) is 0 Å². The summed E-state index contributed by atoms with van der Waals surface area (Å²) in [5.41, 5.74) is -1.45. The first-order valence-electron chi connectivity index (χ1n) is 9.58. The molecular weight excluding hydrogens is 356 g/mol. The molecule has 2 rings (SSSR count). The van der Waals surface area contributed by atoms with Crippen molar-refractivity contribution in [1.29, 1.82) is 0 Å². The van der Waals surface area contributed by atoms with Gasteiger partial charge in [0, 0.05) is 12.8 Å². The molecule has 0 amide bonds. The van der Waals surface area contributed by atoms with Crippen LogP contribution in [0.3, 0.4) is 0 Å². The van der Waals surface area contributed by atoms with Crippen LogP contribution in [-0.2, 0) is 28.5 Å². The van der Waals surface area contributed by atoms with Gasteiger partial charge in [-0.3, -0.25) is 9.59 Å². The van der Waals surface area contributed by atoms with Crippen molar-refractivity contribution in [3.8, 4) is 0 Å². The summed E-state index contributed by atoms with van der Waals surface area (Å²) in [4.78, 5) is 25.0. The highest BCUT2D eigenvalue weighted by molar-refractivity contribution is 6.14. The largest absolute Gasteiger partial charge is 0.438 e. The molecule has 0 spiro atoms. The number of carbonyl (C=O) groups is 2. The van der Waals surface area contributed by atoms with Gasteiger partial charge in [-0.25, -0.2) is 0 Å². The summed E-state index contributed by atoms with van der Waals surface area (Å²) in [5.74, 6) is -1.16. The van der Waals surface area contributed by atoms with Gasteiger partial charge in [-0.05, 0) is 32.1 Å². The number of hydrogen-bond donors (Lipinski definition) is 0. The molecule has 144 valence electrons. The summed E-state index contributed by atoms with van der Waals surface area (Å²) in [5, 5.41) is 0. The van der Waals surface area contributed by atoms with Crippen molar-refractivity contribution in [3.05, 3.63) is 0 Å². The van der Waals surface area contributed by atoms with E-state index in [1.165, 1.54) is 0 Å². The third kappa shape index (κ3) is 6.51. The van der Waals surface area contributed by atoms with Gasteiger partial charge in [-0.2, -0.15) is 0 Å². The van der Waals surface area contributed by atoms with Gasteiger partial charge in [0.15, 0.2) is 10.8 Å². The zero-order chi connectivity index (χ0) is 18.3. The molecule has 0 bridgehead atoms. The number of hydrogen-bond acceptors (Lipinski definition) is 6. The Morgan fingerprint density at radius 2 is 1.56 bits per heavy atom. The smallest absolute Gasteiger partial charge is 0.311 e. The molecule has 0 N–H and O–H groups in total. The SMILES string of the molecule is CCCC(CC(=O)OC1([SiH3])CCCCO1)C(=O)OC1([SiH3])CCCCO1. The maximum absolute atomic E-state index is 12.6. The lowest BCUT2D eigenvalue weighted by atomic mass is 10.00. The molecule has 6 nitrogen and oxygen atoms in total. The monoisotopic (exact) mass is 388 g/mol. The molecule has 0 aliphatic carbocycles. The van der Waals surface area contributed by atoms with E-state index in [1.54, 1.807) is 0 Å². The number of rotatable bonds is 7. The lowest BCUT2D eigenvalue weighted by Crippen LogP contribution is -2.44. The summed E-state index contributed by atoms with van der Waals surface area (Å²) < 4.78 is 22.6. The van der Waals surface area contributed by atoms with E-state index in [-0.39, 0.29) is 18.4 Å². The van der Waals surface area contributed by atoms with Crippen molar-refractivity contribution in [1.82, 2.24) is 0 Å². The Balaban J connectivity index is 1.89. The molecule has 0 aromatic rings. The van der Waals surface area contributed by atoms with Crippen LogP contribution in [0.15, 0.2) is 0 Å². The lowest BCUT2D eigenvalue weighted by molar-refractivity contribution is -0.216. The summed E-state index contributed by atoms with van der Waals surface area (Å²) >= 11 is 0. The van der Waals surface area contributed by atoms with Gasteiger partial charge in [0.05, 0.1) is 46.0 Å². The Morgan fingerprint density at radius 1 is 1.00 bits per heavy atom. The van der Waals surface area contributed by atoms with E-state index in [0.29, 0.717) is 40.1 Å². The van der Waals surface area contributed by atoms with E-state index in [0.717, 1.165) is 44.9 Å². The number of esters is 2. The van der Waals surface area contributed by atoms with Crippen LogP contribution in [0.2, 0.25) is 0 Å². The van der Waals surface area contributed by atoms with Gasteiger partial charge < -0.3 is 18.9 Å². The molecule has 0 radical (unpaired) electrons. The molecule has 0 saturated carbocycles. The highest BCUT2D eigenvalue weighted by Gasteiger charge is 2.36. The average molecular weight is 389 g/mol. The topological polar surface area (TPSA) is 71.1 Å². The maximum atomic E-state index is 12.6. The third-order valence-electron chi connectivity index (χ3n) is 4.90. The molecule has 0 aromatic heterocycles. The van der Waals surface area contributed by atoms with Gasteiger partial charge in [-0.1, -0.05) is 13.3 Å². The van der Waals surface area contributed by atoms with Crippen LogP contribution >= 0.6 is 0 Å². The van der Waals surface area contributed by atoms with E-state index in [2.05, 4.69) is 0 Å². The minimum atomic E-state index is -0.726. The van der Waals surface area contributed by atoms with Crippen molar-refractivity contribution < 1.29 is 28.5 Å². The fourth-order valence-electron chi connectivity index (χ4n) is 3.41. The highest BCUT2D eigenvalue weighted by atomic mass is 28.2. The van der Waals surface area contributed by atoms with Crippen LogP contribution < -0.4 is 0 Å². The fourth-order valence-corrected chi connectivity index (χ4v) is 4.95. The molecule has 25 heavy (non-hydrogen) atoms. The van der Waals surface area contributed by atoms with E-state index < -0.39 is 16.7 Å². The van der Waals surface area contributed by atoms with Crippen molar-refractivity contribution in [2.45, 2.75) is 75.5 Å². The summed E-state index contributed by atoms with van der Waals surface area (Å²) in [6.45, 7) is 3.27. The first kappa shape index (κ1) is 20.6. The Morgan fingerprint density at radius 3 is 2.04 bits per heavy atom. The first-order chi connectivity index (χ1) is 11.9. The predicted octanol–water partition coefficient (Wildman–Crippen LogP) is 0.319. The zero-order valence-corrected chi connectivity index (χ0v) is 19.8. The second kappa shape index (κ2) is 9.29. The van der Waals surface area contributed by atoms with Crippen LogP contribution in [-0.4, -0.2) is 56.5 Å². The molecule has 2 fully saturated rings. The normalized spacial score (nSPS) is 31.4. The van der Waals surface area contributed by atoms with Crippen LogP contribution in [0, 0.1) is 5.92 Å². The average Bonchev–Trinajstić information content (AvgIpc) is 2.54. The standard InChI is InChI=1S/C17H32O6Si2/c1-2-7-13(15(19)23-17(25)9-4-6-11-21-17)12-14(18)22-16(24)8-3-5-10-20-16/h13H,2-12H2,1,24-25H3. The van der Waals surface area contributed by atoms with Gasteiger partial charge in [-0.15, -0.1) is 0 Å². The second-order valence-corrected chi connectivity index (χ2v) is 10.5. The summed E-state index contributed by atoms with van der Waals surface area (Å²) in [6, 6.07) is 0. The lowest BCUT2D eigenvalue weighted by Gasteiger charge is -2.35. The van der Waals surface area contributed by atoms with Gasteiger partial charge in [0.25, 0.3) is 0 Å². The molecule has 2 aliphatic heterocycles. The fraction of sp³-hybridized carbons (Fsp3) is 0.882. The van der Waals surface area contributed by atoms with Crippen molar-refractivity contribution in [3.63, 3.8) is 0 Å². The Kier molecular flexibility index (Phi) is 7.66. The Bertz CT molecular complexity index is 458. The van der Waals surface area contributed by atoms with Crippen molar-refractivity contribution in [2.75, 3.05) is 13.2 Å². The maximum Gasteiger partial charge on any atom is 0.311 e. The van der Waals surface area contributed by atoms with Crippen molar-refractivity contribution >= 4 is 32.4 Å². The minimum Gasteiger partial charge on any atom is -0.438 e. The van der Waals surface area contributed by atoms with Gasteiger partial charge in [0.1, 0.15) is 0 Å². The van der Waals surface area contributed by atoms with Gasteiger partial charge in [0.2, 0.25) is 0 Å². The molecule has 3 atom stereocenters. The van der Waals surface area contributed by atoms with E-state index in [1.807, 2.05) is 6.92 Å². The summed E-state index contributed by atoms with van der Waals surface area (Å²) in [6.07, 6.45) is 7.03.